The predicted octanol–water partition coefficient (Wildman–Crippen LogP) is 2.91. The average molecular weight is 280 g/mol. The quantitative estimate of drug-likeness (QED) is 0.921. The molecule has 1 unspecified atom stereocenters. The van der Waals surface area contributed by atoms with Crippen LogP contribution in [0.5, 0.6) is 11.5 Å². The van der Waals surface area contributed by atoms with Gasteiger partial charge in [-0.25, -0.2) is 0 Å². The van der Waals surface area contributed by atoms with Crippen LogP contribution < -0.4 is 9.47 Å². The van der Waals surface area contributed by atoms with Gasteiger partial charge in [0, 0.05) is 6.42 Å². The molecule has 0 bridgehead atoms. The molecule has 0 spiro atoms. The summed E-state index contributed by atoms with van der Waals surface area (Å²) >= 11 is 0. The minimum Gasteiger partial charge on any atom is -0.493 e. The number of aliphatic hydroxyl groups is 1. The van der Waals surface area contributed by atoms with Gasteiger partial charge in [-0.2, -0.15) is 0 Å². The zero-order valence-corrected chi connectivity index (χ0v) is 12.9. The molecule has 0 aliphatic carbocycles. The highest BCUT2D eigenvalue weighted by Crippen LogP contribution is 2.41. The van der Waals surface area contributed by atoms with E-state index in [1.165, 1.54) is 0 Å². The van der Waals surface area contributed by atoms with Crippen molar-refractivity contribution >= 4 is 0 Å². The molecule has 2 rings (SSSR count). The number of hydrogen-bond donors (Lipinski definition) is 1. The Morgan fingerprint density at radius 3 is 2.45 bits per heavy atom. The second-order valence-electron chi connectivity index (χ2n) is 6.42. The second kappa shape index (κ2) is 5.26. The number of hydrogen-bond acceptors (Lipinski definition) is 4. The third-order valence-corrected chi connectivity index (χ3v) is 3.67. The molecule has 4 nitrogen and oxygen atoms in total. The van der Waals surface area contributed by atoms with Gasteiger partial charge in [-0.15, -0.1) is 0 Å². The minimum absolute atomic E-state index is 0.0122. The summed E-state index contributed by atoms with van der Waals surface area (Å²) in [6.07, 6.45) is 0.789. The highest BCUT2D eigenvalue weighted by molar-refractivity contribution is 5.43. The van der Waals surface area contributed by atoms with E-state index in [-0.39, 0.29) is 23.9 Å². The summed E-state index contributed by atoms with van der Waals surface area (Å²) < 4.78 is 17.5. The normalized spacial score (nSPS) is 23.6. The lowest BCUT2D eigenvalue weighted by Gasteiger charge is -2.28. The molecule has 1 aromatic carbocycles. The monoisotopic (exact) mass is 280 g/mol. The SMILES string of the molecule is COc1cc(CO)ccc1OC1CC(C)(C)OC1(C)C. The lowest BCUT2D eigenvalue weighted by Crippen LogP contribution is -2.36. The molecule has 112 valence electrons. The Kier molecular flexibility index (Phi) is 3.98. The number of aliphatic hydroxyl groups excluding tert-OH is 1. The molecule has 1 saturated heterocycles. The number of rotatable bonds is 4. The number of benzene rings is 1. The highest BCUT2D eigenvalue weighted by Gasteiger charge is 2.47. The van der Waals surface area contributed by atoms with Crippen molar-refractivity contribution in [3.63, 3.8) is 0 Å². The van der Waals surface area contributed by atoms with Crippen molar-refractivity contribution in [2.45, 2.75) is 58.0 Å². The van der Waals surface area contributed by atoms with Crippen LogP contribution in [0.25, 0.3) is 0 Å². The zero-order chi connectivity index (χ0) is 15.0. The molecular weight excluding hydrogens is 256 g/mol. The summed E-state index contributed by atoms with van der Waals surface area (Å²) in [6.45, 7) is 8.22. The van der Waals surface area contributed by atoms with Gasteiger partial charge in [-0.05, 0) is 45.4 Å². The summed E-state index contributed by atoms with van der Waals surface area (Å²) in [6, 6.07) is 5.47. The molecule has 1 aliphatic rings. The smallest absolute Gasteiger partial charge is 0.161 e. The lowest BCUT2D eigenvalue weighted by atomic mass is 9.97. The van der Waals surface area contributed by atoms with Gasteiger partial charge in [-0.1, -0.05) is 6.07 Å². The summed E-state index contributed by atoms with van der Waals surface area (Å²) in [7, 11) is 1.60. The highest BCUT2D eigenvalue weighted by atomic mass is 16.6. The van der Waals surface area contributed by atoms with Crippen molar-refractivity contribution in [1.82, 2.24) is 0 Å². The van der Waals surface area contributed by atoms with Crippen LogP contribution in [0.1, 0.15) is 39.7 Å². The van der Waals surface area contributed by atoms with Gasteiger partial charge in [0.2, 0.25) is 0 Å². The molecule has 1 fully saturated rings. The van der Waals surface area contributed by atoms with Crippen molar-refractivity contribution in [1.29, 1.82) is 0 Å². The van der Waals surface area contributed by atoms with Gasteiger partial charge < -0.3 is 19.3 Å². The molecule has 1 atom stereocenters. The third kappa shape index (κ3) is 3.07. The van der Waals surface area contributed by atoms with Crippen molar-refractivity contribution in [3.05, 3.63) is 23.8 Å². The molecular formula is C16H24O4. The zero-order valence-electron chi connectivity index (χ0n) is 12.9. The van der Waals surface area contributed by atoms with E-state index in [1.807, 2.05) is 26.0 Å². The van der Waals surface area contributed by atoms with Gasteiger partial charge >= 0.3 is 0 Å². The molecule has 0 radical (unpaired) electrons. The van der Waals surface area contributed by atoms with Crippen LogP contribution in [0.2, 0.25) is 0 Å². The van der Waals surface area contributed by atoms with Crippen molar-refractivity contribution < 1.29 is 19.3 Å². The summed E-state index contributed by atoms with van der Waals surface area (Å²) in [5, 5.41) is 9.17. The Balaban J connectivity index is 2.22. The van der Waals surface area contributed by atoms with E-state index in [2.05, 4.69) is 13.8 Å². The van der Waals surface area contributed by atoms with Crippen molar-refractivity contribution in [2.24, 2.45) is 0 Å². The van der Waals surface area contributed by atoms with E-state index in [0.29, 0.717) is 11.5 Å². The van der Waals surface area contributed by atoms with E-state index in [1.54, 1.807) is 13.2 Å². The maximum atomic E-state index is 9.17. The first kappa shape index (κ1) is 15.1. The van der Waals surface area contributed by atoms with Gasteiger partial charge in [0.25, 0.3) is 0 Å². The van der Waals surface area contributed by atoms with Gasteiger partial charge in [0.05, 0.1) is 19.3 Å². The molecule has 1 aromatic rings. The fourth-order valence-corrected chi connectivity index (χ4v) is 2.76. The third-order valence-electron chi connectivity index (χ3n) is 3.67. The van der Waals surface area contributed by atoms with Crippen LogP contribution in [0.3, 0.4) is 0 Å². The molecule has 20 heavy (non-hydrogen) atoms. The van der Waals surface area contributed by atoms with Crippen LogP contribution in [-0.4, -0.2) is 29.5 Å². The van der Waals surface area contributed by atoms with Crippen LogP contribution in [0, 0.1) is 0 Å². The fourth-order valence-electron chi connectivity index (χ4n) is 2.76. The summed E-state index contributed by atoms with van der Waals surface area (Å²) in [5.74, 6) is 1.32. The van der Waals surface area contributed by atoms with Crippen molar-refractivity contribution in [2.75, 3.05) is 7.11 Å². The van der Waals surface area contributed by atoms with E-state index in [0.717, 1.165) is 12.0 Å². The predicted molar refractivity (Wildman–Crippen MR) is 77.2 cm³/mol. The van der Waals surface area contributed by atoms with E-state index < -0.39 is 0 Å². The van der Waals surface area contributed by atoms with Gasteiger partial charge in [-0.3, -0.25) is 0 Å². The second-order valence-corrected chi connectivity index (χ2v) is 6.42. The van der Waals surface area contributed by atoms with E-state index >= 15 is 0 Å². The summed E-state index contributed by atoms with van der Waals surface area (Å²) in [5.41, 5.74) is 0.271. The Hall–Kier alpha value is -1.26. The largest absolute Gasteiger partial charge is 0.493 e. The van der Waals surface area contributed by atoms with E-state index in [9.17, 15) is 0 Å². The molecule has 0 saturated carbocycles. The average Bonchev–Trinajstić information content (AvgIpc) is 2.57. The molecule has 1 heterocycles. The van der Waals surface area contributed by atoms with Crippen LogP contribution in [0.15, 0.2) is 18.2 Å². The van der Waals surface area contributed by atoms with Gasteiger partial charge in [0.15, 0.2) is 11.5 Å². The van der Waals surface area contributed by atoms with Crippen LogP contribution in [-0.2, 0) is 11.3 Å². The first-order valence-electron chi connectivity index (χ1n) is 6.92. The topological polar surface area (TPSA) is 47.9 Å². The van der Waals surface area contributed by atoms with Crippen LogP contribution >= 0.6 is 0 Å². The maximum Gasteiger partial charge on any atom is 0.161 e. The van der Waals surface area contributed by atoms with Crippen LogP contribution in [0.4, 0.5) is 0 Å². The molecule has 0 amide bonds. The number of methoxy groups -OCH3 is 1. The first-order chi connectivity index (χ1) is 9.27. The van der Waals surface area contributed by atoms with Gasteiger partial charge in [0.1, 0.15) is 11.7 Å². The maximum absolute atomic E-state index is 9.17. The number of ether oxygens (including phenoxy) is 3. The Bertz CT molecular complexity index is 479. The first-order valence-corrected chi connectivity index (χ1v) is 6.92. The fraction of sp³-hybridized carbons (Fsp3) is 0.625. The Labute approximate surface area is 120 Å². The Morgan fingerprint density at radius 1 is 1.25 bits per heavy atom. The molecule has 1 aliphatic heterocycles. The van der Waals surface area contributed by atoms with E-state index in [4.69, 9.17) is 19.3 Å². The Morgan fingerprint density at radius 2 is 1.95 bits per heavy atom. The molecule has 4 heteroatoms. The lowest BCUT2D eigenvalue weighted by molar-refractivity contribution is -0.0847. The summed E-state index contributed by atoms with van der Waals surface area (Å²) in [4.78, 5) is 0. The molecule has 0 aromatic heterocycles. The standard InChI is InChI=1S/C16H24O4/c1-15(2)9-14(16(3,4)20-15)19-12-7-6-11(10-17)8-13(12)18-5/h6-8,14,17H,9-10H2,1-5H3. The van der Waals surface area contributed by atoms with Crippen molar-refractivity contribution in [3.8, 4) is 11.5 Å². The minimum atomic E-state index is -0.343. The molecule has 1 N–H and O–H groups in total.